The van der Waals surface area contributed by atoms with Gasteiger partial charge in [0.2, 0.25) is 0 Å². The van der Waals surface area contributed by atoms with Crippen molar-refractivity contribution in [3.05, 3.63) is 52.4 Å². The number of halogens is 4. The standard InChI is InChI=1S/C13H9F4NO2/c1-5-3-7(13(19)20)6(2)18(5)12-10(16)8(14)4-9(15)11(12)17/h3-4H,1-2H3,(H,19,20). The van der Waals surface area contributed by atoms with Gasteiger partial charge in [-0.05, 0) is 19.9 Å². The average Bonchev–Trinajstić information content (AvgIpc) is 2.65. The van der Waals surface area contributed by atoms with Gasteiger partial charge in [-0.15, -0.1) is 0 Å². The number of aromatic nitrogens is 1. The van der Waals surface area contributed by atoms with E-state index in [1.54, 1.807) is 0 Å². The lowest BCUT2D eigenvalue weighted by Gasteiger charge is -2.12. The molecule has 1 N–H and O–H groups in total. The number of benzene rings is 1. The Kier molecular flexibility index (Phi) is 3.29. The highest BCUT2D eigenvalue weighted by molar-refractivity contribution is 5.89. The molecule has 1 aromatic carbocycles. The fourth-order valence-corrected chi connectivity index (χ4v) is 2.08. The third kappa shape index (κ3) is 1.95. The molecule has 0 spiro atoms. The SMILES string of the molecule is Cc1cc(C(=O)O)c(C)n1-c1c(F)c(F)cc(F)c1F. The first-order valence-electron chi connectivity index (χ1n) is 5.51. The molecule has 1 aromatic heterocycles. The second-order valence-electron chi connectivity index (χ2n) is 4.24. The molecule has 0 aliphatic carbocycles. The molecular formula is C13H9F4NO2. The first kappa shape index (κ1) is 14.1. The maximum atomic E-state index is 13.7. The molecule has 106 valence electrons. The molecule has 20 heavy (non-hydrogen) atoms. The molecule has 7 heteroatoms. The minimum Gasteiger partial charge on any atom is -0.478 e. The zero-order valence-corrected chi connectivity index (χ0v) is 10.5. The molecule has 0 radical (unpaired) electrons. The number of aromatic carboxylic acids is 1. The van der Waals surface area contributed by atoms with E-state index in [0.717, 1.165) is 4.57 Å². The maximum Gasteiger partial charge on any atom is 0.337 e. The van der Waals surface area contributed by atoms with E-state index in [2.05, 4.69) is 0 Å². The fourth-order valence-electron chi connectivity index (χ4n) is 2.08. The van der Waals surface area contributed by atoms with Gasteiger partial charge in [-0.2, -0.15) is 0 Å². The number of carboxylic acid groups (broad SMARTS) is 1. The van der Waals surface area contributed by atoms with Crippen molar-refractivity contribution in [3.8, 4) is 5.69 Å². The van der Waals surface area contributed by atoms with Crippen LogP contribution in [0.25, 0.3) is 5.69 Å². The summed E-state index contributed by atoms with van der Waals surface area (Å²) >= 11 is 0. The Morgan fingerprint density at radius 2 is 1.55 bits per heavy atom. The van der Waals surface area contributed by atoms with Crippen molar-refractivity contribution in [1.29, 1.82) is 0 Å². The van der Waals surface area contributed by atoms with Crippen molar-refractivity contribution in [2.45, 2.75) is 13.8 Å². The zero-order chi connectivity index (χ0) is 15.2. The van der Waals surface area contributed by atoms with Crippen molar-refractivity contribution in [2.75, 3.05) is 0 Å². The zero-order valence-electron chi connectivity index (χ0n) is 10.5. The van der Waals surface area contributed by atoms with Crippen LogP contribution >= 0.6 is 0 Å². The number of hydrogen-bond acceptors (Lipinski definition) is 1. The van der Waals surface area contributed by atoms with E-state index in [1.165, 1.54) is 19.9 Å². The molecule has 0 atom stereocenters. The van der Waals surface area contributed by atoms with Gasteiger partial charge >= 0.3 is 5.97 Å². The summed E-state index contributed by atoms with van der Waals surface area (Å²) in [6, 6.07) is 1.26. The topological polar surface area (TPSA) is 42.2 Å². The minimum absolute atomic E-state index is 0.0298. The highest BCUT2D eigenvalue weighted by Crippen LogP contribution is 2.28. The normalized spacial score (nSPS) is 10.9. The second-order valence-corrected chi connectivity index (χ2v) is 4.24. The van der Waals surface area contributed by atoms with Gasteiger partial charge < -0.3 is 9.67 Å². The summed E-state index contributed by atoms with van der Waals surface area (Å²) in [5, 5.41) is 8.95. The van der Waals surface area contributed by atoms with Crippen molar-refractivity contribution < 1.29 is 27.5 Å². The molecule has 0 fully saturated rings. The Morgan fingerprint density at radius 3 is 1.95 bits per heavy atom. The monoisotopic (exact) mass is 287 g/mol. The first-order chi connectivity index (χ1) is 9.25. The van der Waals surface area contributed by atoms with Crippen molar-refractivity contribution in [3.63, 3.8) is 0 Å². The van der Waals surface area contributed by atoms with E-state index >= 15 is 0 Å². The average molecular weight is 287 g/mol. The fraction of sp³-hybridized carbons (Fsp3) is 0.154. The number of aryl methyl sites for hydroxylation is 1. The predicted molar refractivity (Wildman–Crippen MR) is 62.0 cm³/mol. The van der Waals surface area contributed by atoms with Crippen LogP contribution in [-0.4, -0.2) is 15.6 Å². The molecular weight excluding hydrogens is 278 g/mol. The van der Waals surface area contributed by atoms with E-state index in [1.807, 2.05) is 0 Å². The summed E-state index contributed by atoms with van der Waals surface area (Å²) in [6.45, 7) is 2.67. The van der Waals surface area contributed by atoms with E-state index < -0.39 is 34.9 Å². The van der Waals surface area contributed by atoms with Gasteiger partial charge in [0.25, 0.3) is 0 Å². The molecule has 2 rings (SSSR count). The highest BCUT2D eigenvalue weighted by atomic mass is 19.2. The lowest BCUT2D eigenvalue weighted by Crippen LogP contribution is -2.10. The van der Waals surface area contributed by atoms with Gasteiger partial charge in [-0.3, -0.25) is 0 Å². The van der Waals surface area contributed by atoms with Gasteiger partial charge in [0.15, 0.2) is 23.3 Å². The Morgan fingerprint density at radius 1 is 1.05 bits per heavy atom. The third-order valence-electron chi connectivity index (χ3n) is 2.97. The molecule has 0 aliphatic heterocycles. The van der Waals surface area contributed by atoms with Crippen LogP contribution in [0.15, 0.2) is 12.1 Å². The van der Waals surface area contributed by atoms with Crippen LogP contribution in [0.1, 0.15) is 21.7 Å². The Hall–Kier alpha value is -2.31. The minimum atomic E-state index is -1.58. The highest BCUT2D eigenvalue weighted by Gasteiger charge is 2.25. The predicted octanol–water partition coefficient (Wildman–Crippen LogP) is 3.35. The van der Waals surface area contributed by atoms with E-state index in [4.69, 9.17) is 5.11 Å². The Balaban J connectivity index is 2.86. The molecule has 0 bridgehead atoms. The molecule has 0 saturated carbocycles. The molecule has 3 nitrogen and oxygen atoms in total. The van der Waals surface area contributed by atoms with E-state index in [0.29, 0.717) is 0 Å². The van der Waals surface area contributed by atoms with Gasteiger partial charge in [-0.25, -0.2) is 22.4 Å². The van der Waals surface area contributed by atoms with Crippen LogP contribution in [0.4, 0.5) is 17.6 Å². The molecule has 0 amide bonds. The van der Waals surface area contributed by atoms with Crippen LogP contribution in [0.2, 0.25) is 0 Å². The molecule has 0 saturated heterocycles. The summed E-state index contributed by atoms with van der Waals surface area (Å²) < 4.78 is 54.8. The lowest BCUT2D eigenvalue weighted by molar-refractivity contribution is 0.0696. The summed E-state index contributed by atoms with van der Waals surface area (Å²) in [7, 11) is 0. The van der Waals surface area contributed by atoms with E-state index in [-0.39, 0.29) is 23.0 Å². The van der Waals surface area contributed by atoms with Gasteiger partial charge in [-0.1, -0.05) is 0 Å². The van der Waals surface area contributed by atoms with Crippen molar-refractivity contribution in [2.24, 2.45) is 0 Å². The van der Waals surface area contributed by atoms with Gasteiger partial charge in [0.1, 0.15) is 5.69 Å². The molecule has 0 unspecified atom stereocenters. The Bertz CT molecular complexity index is 696. The second kappa shape index (κ2) is 4.66. The quantitative estimate of drug-likeness (QED) is 0.680. The van der Waals surface area contributed by atoms with Crippen LogP contribution < -0.4 is 0 Å². The summed E-state index contributed by atoms with van der Waals surface area (Å²) in [5.41, 5.74) is -1.06. The molecule has 1 heterocycles. The van der Waals surface area contributed by atoms with Crippen LogP contribution in [0, 0.1) is 37.1 Å². The van der Waals surface area contributed by atoms with Gasteiger partial charge in [0, 0.05) is 17.5 Å². The van der Waals surface area contributed by atoms with E-state index in [9.17, 15) is 22.4 Å². The first-order valence-corrected chi connectivity index (χ1v) is 5.51. The van der Waals surface area contributed by atoms with Crippen molar-refractivity contribution >= 4 is 5.97 Å². The largest absolute Gasteiger partial charge is 0.478 e. The van der Waals surface area contributed by atoms with Crippen LogP contribution in [0.3, 0.4) is 0 Å². The van der Waals surface area contributed by atoms with Crippen LogP contribution in [-0.2, 0) is 0 Å². The smallest absolute Gasteiger partial charge is 0.337 e. The number of rotatable bonds is 2. The number of carbonyl (C=O) groups is 1. The third-order valence-corrected chi connectivity index (χ3v) is 2.97. The molecule has 0 aliphatic rings. The molecule has 2 aromatic rings. The van der Waals surface area contributed by atoms with Crippen molar-refractivity contribution in [1.82, 2.24) is 4.57 Å². The lowest BCUT2D eigenvalue weighted by atomic mass is 10.2. The summed E-state index contributed by atoms with van der Waals surface area (Å²) in [4.78, 5) is 11.0. The Labute approximate surface area is 111 Å². The number of carboxylic acids is 1. The number of hydrogen-bond donors (Lipinski definition) is 1. The van der Waals surface area contributed by atoms with Crippen LogP contribution in [0.5, 0.6) is 0 Å². The maximum absolute atomic E-state index is 13.7. The number of nitrogens with zero attached hydrogens (tertiary/aromatic N) is 1. The summed E-state index contributed by atoms with van der Waals surface area (Å²) in [6.07, 6.45) is 0. The van der Waals surface area contributed by atoms with Gasteiger partial charge in [0.05, 0.1) is 5.56 Å². The summed E-state index contributed by atoms with van der Waals surface area (Å²) in [5.74, 6) is -7.57.